The zero-order valence-corrected chi connectivity index (χ0v) is 13.4. The summed E-state index contributed by atoms with van der Waals surface area (Å²) in [5.41, 5.74) is 0.866. The largest absolute Gasteiger partial charge is 0.468 e. The Kier molecular flexibility index (Phi) is 8.57. The lowest BCUT2D eigenvalue weighted by Gasteiger charge is -2.22. The average Bonchev–Trinajstić information content (AvgIpc) is 2.55. The van der Waals surface area contributed by atoms with E-state index in [2.05, 4.69) is 9.47 Å². The van der Waals surface area contributed by atoms with E-state index < -0.39 is 12.1 Å². The lowest BCUT2D eigenvalue weighted by molar-refractivity contribution is -0.146. The minimum Gasteiger partial charge on any atom is -0.468 e. The van der Waals surface area contributed by atoms with Crippen molar-refractivity contribution in [1.29, 1.82) is 0 Å². The fourth-order valence-corrected chi connectivity index (χ4v) is 2.78. The van der Waals surface area contributed by atoms with E-state index in [1.807, 2.05) is 30.3 Å². The van der Waals surface area contributed by atoms with Crippen LogP contribution in [0, 0.1) is 0 Å². The average molecular weight is 328 g/mol. The Bertz CT molecular complexity index is 464. The van der Waals surface area contributed by atoms with Crippen molar-refractivity contribution < 1.29 is 28.9 Å². The number of benzene rings is 1. The van der Waals surface area contributed by atoms with Crippen molar-refractivity contribution in [2.45, 2.75) is 11.4 Å². The van der Waals surface area contributed by atoms with Gasteiger partial charge in [-0.05, 0) is 5.56 Å². The van der Waals surface area contributed by atoms with Crippen molar-refractivity contribution in [1.82, 2.24) is 0 Å². The van der Waals surface area contributed by atoms with E-state index in [0.29, 0.717) is 0 Å². The molecule has 2 unspecified atom stereocenters. The van der Waals surface area contributed by atoms with Crippen LogP contribution < -0.4 is 0 Å². The van der Waals surface area contributed by atoms with Crippen LogP contribution in [0.4, 0.5) is 0 Å². The molecular weight excluding hydrogens is 308 g/mol. The normalized spacial score (nSPS) is 13.2. The highest BCUT2D eigenvalue weighted by Crippen LogP contribution is 2.32. The molecule has 0 spiro atoms. The monoisotopic (exact) mass is 328 g/mol. The summed E-state index contributed by atoms with van der Waals surface area (Å²) in [6.07, 6.45) is -0.873. The third-order valence-corrected chi connectivity index (χ3v) is 4.17. The SMILES string of the molecule is COC(=O)COCC(O)C(SCC(=O)OC)c1ccccc1. The molecule has 0 radical (unpaired) electrons. The summed E-state index contributed by atoms with van der Waals surface area (Å²) in [7, 11) is 2.58. The number of aliphatic hydroxyl groups excluding tert-OH is 1. The molecule has 0 saturated carbocycles. The summed E-state index contributed by atoms with van der Waals surface area (Å²) in [6.45, 7) is -0.264. The molecule has 0 amide bonds. The second-order valence-corrected chi connectivity index (χ2v) is 5.51. The molecule has 1 rings (SSSR count). The van der Waals surface area contributed by atoms with Gasteiger partial charge in [-0.25, -0.2) is 4.79 Å². The zero-order chi connectivity index (χ0) is 16.4. The van der Waals surface area contributed by atoms with Crippen LogP contribution in [0.2, 0.25) is 0 Å². The fourth-order valence-electron chi connectivity index (χ4n) is 1.70. The van der Waals surface area contributed by atoms with Gasteiger partial charge in [-0.15, -0.1) is 11.8 Å². The van der Waals surface area contributed by atoms with E-state index in [1.54, 1.807) is 0 Å². The molecule has 0 aliphatic heterocycles. The van der Waals surface area contributed by atoms with Gasteiger partial charge in [0.1, 0.15) is 6.61 Å². The van der Waals surface area contributed by atoms with Gasteiger partial charge in [-0.1, -0.05) is 30.3 Å². The molecule has 0 saturated heterocycles. The van der Waals surface area contributed by atoms with E-state index in [0.717, 1.165) is 5.56 Å². The van der Waals surface area contributed by atoms with Crippen molar-refractivity contribution >= 4 is 23.7 Å². The minimum absolute atomic E-state index is 0.0389. The third-order valence-electron chi connectivity index (χ3n) is 2.82. The number of carbonyl (C=O) groups is 2. The number of thioether (sulfide) groups is 1. The second kappa shape index (κ2) is 10.2. The first kappa shape index (κ1) is 18.5. The number of aliphatic hydroxyl groups is 1. The first-order valence-corrected chi connectivity index (χ1v) is 7.69. The van der Waals surface area contributed by atoms with Crippen molar-refractivity contribution in [2.24, 2.45) is 0 Å². The summed E-state index contributed by atoms with van der Waals surface area (Å²) in [5.74, 6) is -0.760. The molecular formula is C15H20O6S. The highest BCUT2D eigenvalue weighted by molar-refractivity contribution is 8.00. The number of esters is 2. The second-order valence-electron chi connectivity index (χ2n) is 4.38. The van der Waals surface area contributed by atoms with Gasteiger partial charge in [0.25, 0.3) is 0 Å². The van der Waals surface area contributed by atoms with Gasteiger partial charge in [-0.2, -0.15) is 0 Å². The topological polar surface area (TPSA) is 82.1 Å². The predicted octanol–water partition coefficient (Wildman–Crippen LogP) is 1.18. The van der Waals surface area contributed by atoms with E-state index in [1.165, 1.54) is 26.0 Å². The summed E-state index contributed by atoms with van der Waals surface area (Å²) in [5, 5.41) is 9.92. The Morgan fingerprint density at radius 3 is 2.36 bits per heavy atom. The van der Waals surface area contributed by atoms with Gasteiger partial charge in [-0.3, -0.25) is 4.79 Å². The molecule has 6 nitrogen and oxygen atoms in total. The Morgan fingerprint density at radius 2 is 1.77 bits per heavy atom. The first-order chi connectivity index (χ1) is 10.6. The highest BCUT2D eigenvalue weighted by atomic mass is 32.2. The van der Waals surface area contributed by atoms with Crippen LogP contribution in [-0.2, 0) is 23.8 Å². The molecule has 0 heterocycles. The van der Waals surface area contributed by atoms with Crippen molar-refractivity contribution in [2.75, 3.05) is 33.2 Å². The van der Waals surface area contributed by atoms with Crippen LogP contribution >= 0.6 is 11.8 Å². The van der Waals surface area contributed by atoms with Crippen LogP contribution in [0.5, 0.6) is 0 Å². The van der Waals surface area contributed by atoms with Crippen LogP contribution in [0.1, 0.15) is 10.8 Å². The van der Waals surface area contributed by atoms with Crippen molar-refractivity contribution in [3.63, 3.8) is 0 Å². The molecule has 0 fully saturated rings. The van der Waals surface area contributed by atoms with Crippen LogP contribution in [0.25, 0.3) is 0 Å². The van der Waals surface area contributed by atoms with Crippen LogP contribution in [0.3, 0.4) is 0 Å². The van der Waals surface area contributed by atoms with Crippen LogP contribution in [0.15, 0.2) is 30.3 Å². The molecule has 2 atom stereocenters. The number of hydrogen-bond acceptors (Lipinski definition) is 7. The maximum atomic E-state index is 11.3. The first-order valence-electron chi connectivity index (χ1n) is 6.64. The van der Waals surface area contributed by atoms with Crippen molar-refractivity contribution in [3.8, 4) is 0 Å². The molecule has 0 aliphatic rings. The molecule has 0 aliphatic carbocycles. The Balaban J connectivity index is 2.64. The minimum atomic E-state index is -0.873. The standard InChI is InChI=1S/C15H20O6S/c1-19-13(17)9-21-8-12(16)15(22-10-14(18)20-2)11-6-4-3-5-7-11/h3-7,12,15-16H,8-10H2,1-2H3. The van der Waals surface area contributed by atoms with Gasteiger partial charge in [0, 0.05) is 0 Å². The lowest BCUT2D eigenvalue weighted by atomic mass is 10.1. The number of hydrogen-bond donors (Lipinski definition) is 1. The summed E-state index contributed by atoms with van der Waals surface area (Å²) < 4.78 is 14.2. The molecule has 7 heteroatoms. The molecule has 1 aromatic carbocycles. The lowest BCUT2D eigenvalue weighted by Crippen LogP contribution is -2.25. The third kappa shape index (κ3) is 6.46. The van der Waals surface area contributed by atoms with E-state index in [-0.39, 0.29) is 30.2 Å². The van der Waals surface area contributed by atoms with Crippen LogP contribution in [-0.4, -0.2) is 56.3 Å². The fraction of sp³-hybridized carbons (Fsp3) is 0.467. The highest BCUT2D eigenvalue weighted by Gasteiger charge is 2.23. The summed E-state index contributed by atoms with van der Waals surface area (Å²) >= 11 is 1.26. The Hall–Kier alpha value is -1.57. The van der Waals surface area contributed by atoms with E-state index >= 15 is 0 Å². The maximum absolute atomic E-state index is 11.3. The molecule has 0 bridgehead atoms. The van der Waals surface area contributed by atoms with Gasteiger partial charge >= 0.3 is 11.9 Å². The Labute approximate surface area is 133 Å². The molecule has 1 aromatic rings. The number of rotatable bonds is 9. The van der Waals surface area contributed by atoms with Gasteiger partial charge in [0.2, 0.25) is 0 Å². The molecule has 22 heavy (non-hydrogen) atoms. The molecule has 0 aromatic heterocycles. The molecule has 122 valence electrons. The van der Waals surface area contributed by atoms with E-state index in [4.69, 9.17) is 4.74 Å². The quantitative estimate of drug-likeness (QED) is 0.682. The maximum Gasteiger partial charge on any atom is 0.331 e. The number of carbonyl (C=O) groups excluding carboxylic acids is 2. The summed E-state index contributed by atoms with van der Waals surface area (Å²) in [4.78, 5) is 22.3. The van der Waals surface area contributed by atoms with E-state index in [9.17, 15) is 14.7 Å². The summed E-state index contributed by atoms with van der Waals surface area (Å²) in [6, 6.07) is 9.29. The predicted molar refractivity (Wildman–Crippen MR) is 82.5 cm³/mol. The smallest absolute Gasteiger partial charge is 0.331 e. The number of methoxy groups -OCH3 is 2. The van der Waals surface area contributed by atoms with Gasteiger partial charge in [0.05, 0.1) is 37.9 Å². The van der Waals surface area contributed by atoms with Gasteiger partial charge in [0.15, 0.2) is 0 Å². The zero-order valence-electron chi connectivity index (χ0n) is 12.6. The number of ether oxygens (including phenoxy) is 3. The van der Waals surface area contributed by atoms with Gasteiger partial charge < -0.3 is 19.3 Å². The molecule has 1 N–H and O–H groups in total. The van der Waals surface area contributed by atoms with Crippen molar-refractivity contribution in [3.05, 3.63) is 35.9 Å². The Morgan fingerprint density at radius 1 is 1.14 bits per heavy atom.